The van der Waals surface area contributed by atoms with Gasteiger partial charge >= 0.3 is 0 Å². The minimum atomic E-state index is -0.753. The van der Waals surface area contributed by atoms with E-state index in [2.05, 4.69) is 5.32 Å². The summed E-state index contributed by atoms with van der Waals surface area (Å²) in [6, 6.07) is 14.5. The summed E-state index contributed by atoms with van der Waals surface area (Å²) in [6.07, 6.45) is -0.175. The van der Waals surface area contributed by atoms with Gasteiger partial charge in [-0.1, -0.05) is 24.3 Å². The van der Waals surface area contributed by atoms with Gasteiger partial charge in [0.05, 0.1) is 32.4 Å². The lowest BCUT2D eigenvalue weighted by molar-refractivity contribution is -0.117. The third kappa shape index (κ3) is 4.50. The lowest BCUT2D eigenvalue weighted by Gasteiger charge is -2.28. The molecule has 0 aliphatic carbocycles. The van der Waals surface area contributed by atoms with Crippen LogP contribution in [0.3, 0.4) is 0 Å². The number of methoxy groups -OCH3 is 2. The van der Waals surface area contributed by atoms with Crippen LogP contribution in [0.15, 0.2) is 60.7 Å². The van der Waals surface area contributed by atoms with Crippen LogP contribution in [-0.2, 0) is 11.3 Å². The number of fused-ring (bicyclic) bond motifs is 1. The molecule has 2 amide bonds. The van der Waals surface area contributed by atoms with Crippen molar-refractivity contribution in [3.05, 3.63) is 89.0 Å². The van der Waals surface area contributed by atoms with Crippen molar-refractivity contribution in [3.8, 4) is 11.5 Å². The summed E-state index contributed by atoms with van der Waals surface area (Å²) in [6.45, 7) is 0.315. The standard InChI is InChI=1S/C25H22F2N2O4/c1-32-22-10-7-15(11-23(22)33-2)21(29-14-16-5-3-4-6-18(16)25(29)31)13-24(30)28-20-12-17(26)8-9-19(20)27/h3-12,21H,13-14H2,1-2H3,(H,28,30)/t21-/m0/s1. The van der Waals surface area contributed by atoms with E-state index < -0.39 is 23.6 Å². The molecule has 1 heterocycles. The van der Waals surface area contributed by atoms with Crippen LogP contribution in [0.25, 0.3) is 0 Å². The van der Waals surface area contributed by atoms with Gasteiger partial charge < -0.3 is 19.7 Å². The van der Waals surface area contributed by atoms with E-state index in [0.717, 1.165) is 23.8 Å². The van der Waals surface area contributed by atoms with Crippen molar-refractivity contribution in [1.29, 1.82) is 0 Å². The Hall–Kier alpha value is -3.94. The van der Waals surface area contributed by atoms with Crippen molar-refractivity contribution in [1.82, 2.24) is 4.90 Å². The summed E-state index contributed by atoms with van der Waals surface area (Å²) in [5.41, 5.74) is 1.80. The van der Waals surface area contributed by atoms with Crippen LogP contribution in [0.2, 0.25) is 0 Å². The fourth-order valence-corrected chi connectivity index (χ4v) is 3.97. The van der Waals surface area contributed by atoms with Gasteiger partial charge in [0.1, 0.15) is 11.6 Å². The summed E-state index contributed by atoms with van der Waals surface area (Å²) in [7, 11) is 3.00. The Morgan fingerprint density at radius 1 is 1.03 bits per heavy atom. The number of nitrogens with one attached hydrogen (secondary N) is 1. The van der Waals surface area contributed by atoms with E-state index in [-0.39, 0.29) is 18.0 Å². The molecule has 6 nitrogen and oxygen atoms in total. The van der Waals surface area contributed by atoms with Crippen molar-refractivity contribution in [2.75, 3.05) is 19.5 Å². The van der Waals surface area contributed by atoms with E-state index in [0.29, 0.717) is 29.2 Å². The average molecular weight is 452 g/mol. The van der Waals surface area contributed by atoms with Gasteiger partial charge in [-0.25, -0.2) is 8.78 Å². The number of carbonyl (C=O) groups is 2. The number of nitrogens with zero attached hydrogens (tertiary/aromatic N) is 1. The molecule has 0 bridgehead atoms. The van der Waals surface area contributed by atoms with E-state index in [9.17, 15) is 18.4 Å². The first-order valence-electron chi connectivity index (χ1n) is 10.3. The maximum absolute atomic E-state index is 14.0. The summed E-state index contributed by atoms with van der Waals surface area (Å²) >= 11 is 0. The highest BCUT2D eigenvalue weighted by Gasteiger charge is 2.35. The lowest BCUT2D eigenvalue weighted by Crippen LogP contribution is -2.32. The zero-order chi connectivity index (χ0) is 23.5. The third-order valence-corrected chi connectivity index (χ3v) is 5.60. The van der Waals surface area contributed by atoms with Gasteiger partial charge in [-0.2, -0.15) is 0 Å². The number of benzene rings is 3. The Morgan fingerprint density at radius 2 is 1.79 bits per heavy atom. The molecule has 170 valence electrons. The summed E-state index contributed by atoms with van der Waals surface area (Å²) < 4.78 is 38.2. The van der Waals surface area contributed by atoms with Gasteiger partial charge in [0.25, 0.3) is 5.91 Å². The Morgan fingerprint density at radius 3 is 2.52 bits per heavy atom. The molecule has 0 fully saturated rings. The first-order chi connectivity index (χ1) is 15.9. The first kappa shape index (κ1) is 22.3. The number of amides is 2. The highest BCUT2D eigenvalue weighted by atomic mass is 19.1. The number of carbonyl (C=O) groups excluding carboxylic acids is 2. The molecule has 0 spiro atoms. The maximum Gasteiger partial charge on any atom is 0.255 e. The van der Waals surface area contributed by atoms with Crippen LogP contribution >= 0.6 is 0 Å². The molecule has 0 saturated heterocycles. The molecule has 4 rings (SSSR count). The van der Waals surface area contributed by atoms with Crippen LogP contribution in [0, 0.1) is 11.6 Å². The van der Waals surface area contributed by atoms with E-state index in [1.807, 2.05) is 12.1 Å². The summed E-state index contributed by atoms with van der Waals surface area (Å²) in [5, 5.41) is 2.41. The molecule has 1 N–H and O–H groups in total. The van der Waals surface area contributed by atoms with Crippen LogP contribution in [0.5, 0.6) is 11.5 Å². The van der Waals surface area contributed by atoms with Gasteiger partial charge in [-0.15, -0.1) is 0 Å². The lowest BCUT2D eigenvalue weighted by atomic mass is 10.0. The van der Waals surface area contributed by atoms with Crippen molar-refractivity contribution >= 4 is 17.5 Å². The minimum absolute atomic E-state index is 0.175. The minimum Gasteiger partial charge on any atom is -0.493 e. The van der Waals surface area contributed by atoms with Crippen molar-refractivity contribution in [3.63, 3.8) is 0 Å². The predicted molar refractivity (Wildman–Crippen MR) is 118 cm³/mol. The topological polar surface area (TPSA) is 67.9 Å². The zero-order valence-corrected chi connectivity index (χ0v) is 18.1. The monoisotopic (exact) mass is 452 g/mol. The number of rotatable bonds is 7. The highest BCUT2D eigenvalue weighted by molar-refractivity contribution is 5.99. The van der Waals surface area contributed by atoms with Gasteiger partial charge in [-0.05, 0) is 41.5 Å². The fourth-order valence-electron chi connectivity index (χ4n) is 3.97. The fraction of sp³-hybridized carbons (Fsp3) is 0.200. The zero-order valence-electron chi connectivity index (χ0n) is 18.1. The average Bonchev–Trinajstić information content (AvgIpc) is 3.15. The predicted octanol–water partition coefficient (Wildman–Crippen LogP) is 4.71. The molecule has 0 unspecified atom stereocenters. The number of hydrogen-bond acceptors (Lipinski definition) is 4. The number of ether oxygens (including phenoxy) is 2. The molecule has 33 heavy (non-hydrogen) atoms. The molecule has 8 heteroatoms. The molecular formula is C25H22F2N2O4. The Balaban J connectivity index is 1.67. The first-order valence-corrected chi connectivity index (χ1v) is 10.3. The number of halogens is 2. The number of hydrogen-bond donors (Lipinski definition) is 1. The van der Waals surface area contributed by atoms with Gasteiger partial charge in [0.2, 0.25) is 5.91 Å². The second kappa shape index (κ2) is 9.28. The van der Waals surface area contributed by atoms with Crippen LogP contribution in [0.4, 0.5) is 14.5 Å². The Bertz CT molecular complexity index is 1210. The molecule has 1 aliphatic rings. The molecule has 3 aromatic rings. The molecule has 0 saturated carbocycles. The van der Waals surface area contributed by atoms with Crippen molar-refractivity contribution in [2.45, 2.75) is 19.0 Å². The summed E-state index contributed by atoms with van der Waals surface area (Å²) in [5.74, 6) is -1.26. The van der Waals surface area contributed by atoms with E-state index in [4.69, 9.17) is 9.47 Å². The quantitative estimate of drug-likeness (QED) is 0.564. The maximum atomic E-state index is 14.0. The highest BCUT2D eigenvalue weighted by Crippen LogP contribution is 2.37. The molecule has 0 radical (unpaired) electrons. The van der Waals surface area contributed by atoms with Crippen LogP contribution < -0.4 is 14.8 Å². The smallest absolute Gasteiger partial charge is 0.255 e. The van der Waals surface area contributed by atoms with E-state index in [1.54, 1.807) is 35.2 Å². The van der Waals surface area contributed by atoms with Crippen LogP contribution in [-0.4, -0.2) is 30.9 Å². The molecule has 0 aromatic heterocycles. The molecule has 1 aliphatic heterocycles. The van der Waals surface area contributed by atoms with Gasteiger partial charge in [-0.3, -0.25) is 9.59 Å². The second-order valence-electron chi connectivity index (χ2n) is 7.60. The Labute approximate surface area is 189 Å². The Kier molecular flexibility index (Phi) is 6.26. The molecule has 1 atom stereocenters. The van der Waals surface area contributed by atoms with E-state index >= 15 is 0 Å². The third-order valence-electron chi connectivity index (χ3n) is 5.60. The van der Waals surface area contributed by atoms with Gasteiger partial charge in [0.15, 0.2) is 11.5 Å². The van der Waals surface area contributed by atoms with Crippen LogP contribution in [0.1, 0.15) is 33.9 Å². The second-order valence-corrected chi connectivity index (χ2v) is 7.60. The molecular weight excluding hydrogens is 430 g/mol. The van der Waals surface area contributed by atoms with Gasteiger partial charge in [0, 0.05) is 18.2 Å². The van der Waals surface area contributed by atoms with E-state index in [1.165, 1.54) is 14.2 Å². The molecule has 3 aromatic carbocycles. The van der Waals surface area contributed by atoms with Crippen molar-refractivity contribution < 1.29 is 27.8 Å². The summed E-state index contributed by atoms with van der Waals surface area (Å²) in [4.78, 5) is 27.6. The normalized spacial score (nSPS) is 13.5. The number of anilines is 1. The largest absolute Gasteiger partial charge is 0.493 e. The SMILES string of the molecule is COc1ccc([C@H](CC(=O)Nc2cc(F)ccc2F)N2Cc3ccccc3C2=O)cc1OC. The van der Waals surface area contributed by atoms with Crippen molar-refractivity contribution in [2.24, 2.45) is 0 Å².